The minimum atomic E-state index is -7.87. The summed E-state index contributed by atoms with van der Waals surface area (Å²) in [6.45, 7) is 0. The highest BCUT2D eigenvalue weighted by molar-refractivity contribution is 5.64. The van der Waals surface area contributed by atoms with Gasteiger partial charge in [-0.1, -0.05) is 0 Å². The molecule has 0 aliphatic carbocycles. The highest BCUT2D eigenvalue weighted by atomic mass is 19.4. The smallest absolute Gasteiger partial charge is 0.283 e. The molecule has 0 heterocycles. The third kappa shape index (κ3) is 2.31. The van der Waals surface area contributed by atoms with Crippen LogP contribution < -0.4 is 0 Å². The Kier molecular flexibility index (Phi) is 4.67. The molecule has 0 saturated heterocycles. The van der Waals surface area contributed by atoms with Crippen LogP contribution in [0.25, 0.3) is 0 Å². The minimum absolute atomic E-state index is 1.09. The fourth-order valence-electron chi connectivity index (χ4n) is 0.917. The van der Waals surface area contributed by atoms with Gasteiger partial charge in [-0.05, 0) is 0 Å². The maximum absolute atomic E-state index is 12.7. The normalized spacial score (nSPS) is 15.6. The fourth-order valence-corrected chi connectivity index (χ4v) is 0.917. The summed E-state index contributed by atoms with van der Waals surface area (Å²) < 4.78 is 150. The number of alkyl halides is 12. The van der Waals surface area contributed by atoms with Crippen LogP contribution in [0.2, 0.25) is 0 Å². The molecule has 0 aromatic heterocycles. The molecule has 0 saturated carbocycles. The molecule has 0 N–H and O–H groups in total. The molecule has 0 fully saturated rings. The predicted molar refractivity (Wildman–Crippen MR) is 41.1 cm³/mol. The van der Waals surface area contributed by atoms with E-state index in [4.69, 9.17) is 0 Å². The van der Waals surface area contributed by atoms with E-state index in [-0.39, 0.29) is 0 Å². The highest BCUT2D eigenvalue weighted by Gasteiger charge is 2.90. The van der Waals surface area contributed by atoms with Crippen molar-refractivity contribution >= 4 is 12.6 Å². The standard InChI is InChI=1S/C8F12O2/c9-3(10,1-21)5(13,14)7(17,18)8(19,20)6(15,16)4(11,12)2-22. The summed E-state index contributed by atoms with van der Waals surface area (Å²) in [5, 5.41) is 0. The topological polar surface area (TPSA) is 34.1 Å². The first-order valence-corrected chi connectivity index (χ1v) is 4.43. The van der Waals surface area contributed by atoms with Crippen molar-refractivity contribution in [3.63, 3.8) is 0 Å². The molecule has 0 aromatic carbocycles. The molecule has 0 aliphatic rings. The molecule has 0 spiro atoms. The first kappa shape index (κ1) is 20.5. The van der Waals surface area contributed by atoms with Gasteiger partial charge >= 0.3 is 35.5 Å². The molecule has 0 atom stereocenters. The summed E-state index contributed by atoms with van der Waals surface area (Å²) in [7, 11) is 0. The second-order valence-corrected chi connectivity index (χ2v) is 3.65. The van der Waals surface area contributed by atoms with Crippen LogP contribution in [-0.4, -0.2) is 48.1 Å². The zero-order valence-electron chi connectivity index (χ0n) is 9.35. The Bertz CT molecular complexity index is 412. The Morgan fingerprint density at radius 2 is 0.591 bits per heavy atom. The van der Waals surface area contributed by atoms with Crippen molar-refractivity contribution in [2.75, 3.05) is 0 Å². The van der Waals surface area contributed by atoms with E-state index in [2.05, 4.69) is 0 Å². The van der Waals surface area contributed by atoms with E-state index >= 15 is 0 Å². The zero-order valence-corrected chi connectivity index (χ0v) is 9.35. The maximum atomic E-state index is 12.7. The molecule has 22 heavy (non-hydrogen) atoms. The SMILES string of the molecule is O=[C]C(F)(F)C(F)(F)C(F)(F)C(F)(F)C(F)(F)C(F)(F)[C]=O. The van der Waals surface area contributed by atoms with Crippen LogP contribution in [0, 0.1) is 0 Å². The summed E-state index contributed by atoms with van der Waals surface area (Å²) in [6.07, 6.45) is -2.18. The van der Waals surface area contributed by atoms with Crippen molar-refractivity contribution in [2.24, 2.45) is 0 Å². The molecular formula is C8F12O2. The van der Waals surface area contributed by atoms with Gasteiger partial charge in [0, 0.05) is 0 Å². The van der Waals surface area contributed by atoms with Crippen molar-refractivity contribution in [1.82, 2.24) is 0 Å². The van der Waals surface area contributed by atoms with E-state index < -0.39 is 48.1 Å². The Hall–Kier alpha value is -1.50. The van der Waals surface area contributed by atoms with Gasteiger partial charge in [-0.2, -0.15) is 52.7 Å². The number of rotatable bonds is 7. The molecular weight excluding hydrogens is 356 g/mol. The summed E-state index contributed by atoms with van der Waals surface area (Å²) >= 11 is 0. The Morgan fingerprint density at radius 1 is 0.409 bits per heavy atom. The van der Waals surface area contributed by atoms with E-state index in [0.29, 0.717) is 0 Å². The van der Waals surface area contributed by atoms with Crippen LogP contribution >= 0.6 is 0 Å². The predicted octanol–water partition coefficient (Wildman–Crippen LogP) is 3.02. The lowest BCUT2D eigenvalue weighted by atomic mass is 9.92. The average molecular weight is 356 g/mol. The summed E-state index contributed by atoms with van der Waals surface area (Å²) in [6, 6.07) is 0. The Balaban J connectivity index is 6.30. The van der Waals surface area contributed by atoms with Crippen molar-refractivity contribution in [1.29, 1.82) is 0 Å². The highest BCUT2D eigenvalue weighted by Crippen LogP contribution is 2.59. The van der Waals surface area contributed by atoms with Gasteiger partial charge in [0.05, 0.1) is 0 Å². The molecule has 0 aromatic rings. The first-order chi connectivity index (χ1) is 9.37. The van der Waals surface area contributed by atoms with Crippen molar-refractivity contribution in [3.05, 3.63) is 0 Å². The average Bonchev–Trinajstić information content (AvgIpc) is 2.37. The monoisotopic (exact) mass is 356 g/mol. The molecule has 0 bridgehead atoms. The Labute approximate surface area is 112 Å². The lowest BCUT2D eigenvalue weighted by Crippen LogP contribution is -2.71. The molecule has 0 unspecified atom stereocenters. The number of halogens is 12. The lowest BCUT2D eigenvalue weighted by molar-refractivity contribution is -0.410. The maximum Gasteiger partial charge on any atom is 0.386 e. The molecule has 14 heteroatoms. The number of hydrogen-bond acceptors (Lipinski definition) is 2. The van der Waals surface area contributed by atoms with E-state index in [0.717, 1.165) is 0 Å². The van der Waals surface area contributed by atoms with Crippen molar-refractivity contribution in [3.8, 4) is 0 Å². The molecule has 2 radical (unpaired) electrons. The molecule has 0 rings (SSSR count). The first-order valence-electron chi connectivity index (χ1n) is 4.43. The van der Waals surface area contributed by atoms with Gasteiger partial charge < -0.3 is 0 Å². The molecule has 128 valence electrons. The molecule has 0 amide bonds. The van der Waals surface area contributed by atoms with Gasteiger partial charge in [-0.15, -0.1) is 0 Å². The van der Waals surface area contributed by atoms with Crippen LogP contribution in [-0.2, 0) is 9.59 Å². The minimum Gasteiger partial charge on any atom is -0.283 e. The second-order valence-electron chi connectivity index (χ2n) is 3.65. The van der Waals surface area contributed by atoms with E-state index in [1.807, 2.05) is 0 Å². The summed E-state index contributed by atoms with van der Waals surface area (Å²) in [5.41, 5.74) is 0. The third-order valence-corrected chi connectivity index (χ3v) is 2.23. The van der Waals surface area contributed by atoms with Crippen molar-refractivity contribution < 1.29 is 62.3 Å². The van der Waals surface area contributed by atoms with Crippen LogP contribution in [0.5, 0.6) is 0 Å². The van der Waals surface area contributed by atoms with Crippen LogP contribution in [0.1, 0.15) is 0 Å². The van der Waals surface area contributed by atoms with Gasteiger partial charge in [0.1, 0.15) is 0 Å². The lowest BCUT2D eigenvalue weighted by Gasteiger charge is -2.38. The van der Waals surface area contributed by atoms with Crippen molar-refractivity contribution in [2.45, 2.75) is 35.5 Å². The van der Waals surface area contributed by atoms with Gasteiger partial charge in [0.15, 0.2) is 0 Å². The van der Waals surface area contributed by atoms with Crippen LogP contribution in [0.15, 0.2) is 0 Å². The van der Waals surface area contributed by atoms with E-state index in [1.54, 1.807) is 0 Å². The van der Waals surface area contributed by atoms with Gasteiger partial charge in [-0.3, -0.25) is 9.59 Å². The van der Waals surface area contributed by atoms with Gasteiger partial charge in [0.2, 0.25) is 0 Å². The van der Waals surface area contributed by atoms with Crippen LogP contribution in [0.3, 0.4) is 0 Å². The zero-order chi connectivity index (χ0) is 18.4. The third-order valence-electron chi connectivity index (χ3n) is 2.23. The van der Waals surface area contributed by atoms with E-state index in [1.165, 1.54) is 0 Å². The molecule has 0 aliphatic heterocycles. The second kappa shape index (κ2) is 5.01. The van der Waals surface area contributed by atoms with E-state index in [9.17, 15) is 62.3 Å². The summed E-state index contributed by atoms with van der Waals surface area (Å²) in [5.74, 6) is -44.3. The van der Waals surface area contributed by atoms with Gasteiger partial charge in [-0.25, -0.2) is 0 Å². The largest absolute Gasteiger partial charge is 0.386 e. The molecule has 2 nitrogen and oxygen atoms in total. The summed E-state index contributed by atoms with van der Waals surface area (Å²) in [4.78, 5) is 18.8. The quantitative estimate of drug-likeness (QED) is 0.658. The Morgan fingerprint density at radius 3 is 0.727 bits per heavy atom. The number of carbonyl (C=O) groups excluding carboxylic acids is 2. The number of hydrogen-bond donors (Lipinski definition) is 0. The van der Waals surface area contributed by atoms with Crippen LogP contribution in [0.4, 0.5) is 52.7 Å². The fraction of sp³-hybridized carbons (Fsp3) is 0.750. The van der Waals surface area contributed by atoms with Gasteiger partial charge in [0.25, 0.3) is 12.6 Å².